The highest BCUT2D eigenvalue weighted by atomic mass is 32.2. The van der Waals surface area contributed by atoms with Gasteiger partial charge >= 0.3 is 0 Å². The molecule has 1 amide bonds. The van der Waals surface area contributed by atoms with Crippen molar-refractivity contribution in [1.29, 1.82) is 0 Å². The van der Waals surface area contributed by atoms with E-state index in [1.807, 2.05) is 30.3 Å². The maximum Gasteiger partial charge on any atom is 0.243 e. The van der Waals surface area contributed by atoms with Gasteiger partial charge in [-0.15, -0.1) is 11.8 Å². The van der Waals surface area contributed by atoms with Gasteiger partial charge in [0.05, 0.1) is 4.90 Å². The van der Waals surface area contributed by atoms with Gasteiger partial charge in [-0.2, -0.15) is 4.31 Å². The van der Waals surface area contributed by atoms with Crippen molar-refractivity contribution in [2.75, 3.05) is 25.4 Å². The Morgan fingerprint density at radius 3 is 2.30 bits per heavy atom. The molecular weight excluding hydrogens is 416 g/mol. The van der Waals surface area contributed by atoms with Gasteiger partial charge in [-0.25, -0.2) is 8.42 Å². The van der Waals surface area contributed by atoms with Crippen molar-refractivity contribution in [3.05, 3.63) is 60.2 Å². The molecule has 0 radical (unpaired) electrons. The number of rotatable bonds is 8. The van der Waals surface area contributed by atoms with E-state index in [2.05, 4.69) is 31.3 Å². The third-order valence-corrected chi connectivity index (χ3v) is 8.35. The van der Waals surface area contributed by atoms with Gasteiger partial charge in [0.15, 0.2) is 0 Å². The van der Waals surface area contributed by atoms with Crippen LogP contribution >= 0.6 is 11.8 Å². The van der Waals surface area contributed by atoms with Gasteiger partial charge in [0.25, 0.3) is 0 Å². The Hall–Kier alpha value is -1.83. The largest absolute Gasteiger partial charge is 0.355 e. The SMILES string of the molecule is CC(C)c1ccc(S(=O)(=O)N2CCC(C(=O)NCCSc3ccccc3)CC2)cc1. The Kier molecular flexibility index (Phi) is 7.97. The lowest BCUT2D eigenvalue weighted by molar-refractivity contribution is -0.125. The van der Waals surface area contributed by atoms with Crippen LogP contribution in [-0.4, -0.2) is 44.0 Å². The van der Waals surface area contributed by atoms with E-state index in [1.165, 1.54) is 9.20 Å². The van der Waals surface area contributed by atoms with Crippen molar-refractivity contribution in [2.24, 2.45) is 5.92 Å². The first-order chi connectivity index (χ1) is 14.4. The van der Waals surface area contributed by atoms with E-state index in [1.54, 1.807) is 23.9 Å². The van der Waals surface area contributed by atoms with Crippen LogP contribution in [0.15, 0.2) is 64.4 Å². The van der Waals surface area contributed by atoms with Crippen LogP contribution in [0.2, 0.25) is 0 Å². The van der Waals surface area contributed by atoms with Crippen LogP contribution in [0.5, 0.6) is 0 Å². The summed E-state index contributed by atoms with van der Waals surface area (Å²) in [5.74, 6) is 1.08. The van der Waals surface area contributed by atoms with E-state index in [4.69, 9.17) is 0 Å². The lowest BCUT2D eigenvalue weighted by atomic mass is 9.97. The van der Waals surface area contributed by atoms with Crippen LogP contribution < -0.4 is 5.32 Å². The fraction of sp³-hybridized carbons (Fsp3) is 0.435. The molecule has 1 fully saturated rings. The fourth-order valence-corrected chi connectivity index (χ4v) is 5.80. The van der Waals surface area contributed by atoms with E-state index < -0.39 is 10.0 Å². The minimum atomic E-state index is -3.51. The van der Waals surface area contributed by atoms with Crippen molar-refractivity contribution in [3.63, 3.8) is 0 Å². The number of carbonyl (C=O) groups is 1. The predicted octanol–water partition coefficient (Wildman–Crippen LogP) is 4.12. The summed E-state index contributed by atoms with van der Waals surface area (Å²) in [5.41, 5.74) is 1.12. The summed E-state index contributed by atoms with van der Waals surface area (Å²) < 4.78 is 27.3. The molecule has 0 saturated carbocycles. The summed E-state index contributed by atoms with van der Waals surface area (Å²) in [6.45, 7) is 5.54. The highest BCUT2D eigenvalue weighted by Crippen LogP contribution is 2.25. The number of amides is 1. The number of nitrogens with one attached hydrogen (secondary N) is 1. The summed E-state index contributed by atoms with van der Waals surface area (Å²) in [6, 6.07) is 17.2. The van der Waals surface area contributed by atoms with Crippen molar-refractivity contribution in [1.82, 2.24) is 9.62 Å². The number of hydrogen-bond donors (Lipinski definition) is 1. The standard InChI is InChI=1S/C23H30N2O3S2/c1-18(2)19-8-10-22(11-9-19)30(27,28)25-15-12-20(13-16-25)23(26)24-14-17-29-21-6-4-3-5-7-21/h3-11,18,20H,12-17H2,1-2H3,(H,24,26). The van der Waals surface area contributed by atoms with Gasteiger partial charge in [-0.1, -0.05) is 44.2 Å². The topological polar surface area (TPSA) is 66.5 Å². The summed E-state index contributed by atoms with van der Waals surface area (Å²) in [7, 11) is -3.51. The maximum absolute atomic E-state index is 12.9. The van der Waals surface area contributed by atoms with Gasteiger partial charge < -0.3 is 5.32 Å². The Bertz CT molecular complexity index is 921. The first kappa shape index (κ1) is 22.8. The molecule has 3 rings (SSSR count). The zero-order valence-electron chi connectivity index (χ0n) is 17.6. The number of benzene rings is 2. The molecule has 1 N–H and O–H groups in total. The number of piperidine rings is 1. The van der Waals surface area contributed by atoms with E-state index >= 15 is 0 Å². The normalized spacial score (nSPS) is 16.0. The third-order valence-electron chi connectivity index (χ3n) is 5.42. The van der Waals surface area contributed by atoms with Crippen LogP contribution in [0.1, 0.15) is 38.2 Å². The zero-order valence-corrected chi connectivity index (χ0v) is 19.2. The molecule has 1 aliphatic rings. The molecule has 30 heavy (non-hydrogen) atoms. The molecule has 2 aromatic rings. The first-order valence-electron chi connectivity index (χ1n) is 10.4. The fourth-order valence-electron chi connectivity index (χ4n) is 3.54. The van der Waals surface area contributed by atoms with E-state index in [-0.39, 0.29) is 11.8 Å². The van der Waals surface area contributed by atoms with Gasteiger partial charge in [0.2, 0.25) is 15.9 Å². The average Bonchev–Trinajstić information content (AvgIpc) is 2.77. The Labute approximate surface area is 184 Å². The van der Waals surface area contributed by atoms with Crippen LogP contribution in [0, 0.1) is 5.92 Å². The Balaban J connectivity index is 1.45. The smallest absolute Gasteiger partial charge is 0.243 e. The van der Waals surface area contributed by atoms with Crippen LogP contribution in [0.4, 0.5) is 0 Å². The van der Waals surface area contributed by atoms with Gasteiger partial charge in [-0.05, 0) is 48.6 Å². The maximum atomic E-state index is 12.9. The molecule has 0 spiro atoms. The summed E-state index contributed by atoms with van der Waals surface area (Å²) >= 11 is 1.71. The first-order valence-corrected chi connectivity index (χ1v) is 12.9. The Morgan fingerprint density at radius 2 is 1.70 bits per heavy atom. The average molecular weight is 447 g/mol. The number of hydrogen-bond acceptors (Lipinski definition) is 4. The summed E-state index contributed by atoms with van der Waals surface area (Å²) in [5, 5.41) is 3.00. The molecule has 2 aromatic carbocycles. The lowest BCUT2D eigenvalue weighted by Gasteiger charge is -2.30. The quantitative estimate of drug-likeness (QED) is 0.489. The lowest BCUT2D eigenvalue weighted by Crippen LogP contribution is -2.43. The van der Waals surface area contributed by atoms with Crippen molar-refractivity contribution in [3.8, 4) is 0 Å². The second kappa shape index (κ2) is 10.5. The van der Waals surface area contributed by atoms with Crippen LogP contribution in [0.3, 0.4) is 0 Å². The molecule has 1 heterocycles. The molecule has 0 unspecified atom stereocenters. The predicted molar refractivity (Wildman–Crippen MR) is 122 cm³/mol. The molecular formula is C23H30N2O3S2. The van der Waals surface area contributed by atoms with Crippen molar-refractivity contribution in [2.45, 2.75) is 42.4 Å². The number of nitrogens with zero attached hydrogens (tertiary/aromatic N) is 1. The van der Waals surface area contributed by atoms with Crippen LogP contribution in [-0.2, 0) is 14.8 Å². The second-order valence-electron chi connectivity index (χ2n) is 7.85. The molecule has 0 bridgehead atoms. The second-order valence-corrected chi connectivity index (χ2v) is 11.0. The monoisotopic (exact) mass is 446 g/mol. The van der Waals surface area contributed by atoms with Crippen LogP contribution in [0.25, 0.3) is 0 Å². The van der Waals surface area contributed by atoms with Gasteiger partial charge in [0, 0.05) is 36.2 Å². The van der Waals surface area contributed by atoms with E-state index in [0.717, 1.165) is 11.3 Å². The third kappa shape index (κ3) is 5.86. The minimum Gasteiger partial charge on any atom is -0.355 e. The molecule has 7 heteroatoms. The summed E-state index contributed by atoms with van der Waals surface area (Å²) in [6.07, 6.45) is 1.11. The summed E-state index contributed by atoms with van der Waals surface area (Å²) in [4.78, 5) is 14.0. The molecule has 0 aliphatic carbocycles. The van der Waals surface area contributed by atoms with E-state index in [0.29, 0.717) is 43.3 Å². The van der Waals surface area contributed by atoms with Gasteiger partial charge in [-0.3, -0.25) is 4.79 Å². The Morgan fingerprint density at radius 1 is 1.07 bits per heavy atom. The van der Waals surface area contributed by atoms with Crippen molar-refractivity contribution < 1.29 is 13.2 Å². The molecule has 1 aliphatic heterocycles. The molecule has 0 atom stereocenters. The van der Waals surface area contributed by atoms with Gasteiger partial charge in [0.1, 0.15) is 0 Å². The minimum absolute atomic E-state index is 0.0296. The molecule has 0 aromatic heterocycles. The molecule has 162 valence electrons. The van der Waals surface area contributed by atoms with E-state index in [9.17, 15) is 13.2 Å². The number of thioether (sulfide) groups is 1. The van der Waals surface area contributed by atoms with Crippen molar-refractivity contribution >= 4 is 27.7 Å². The highest BCUT2D eigenvalue weighted by Gasteiger charge is 2.32. The molecule has 5 nitrogen and oxygen atoms in total. The zero-order chi connectivity index (χ0) is 21.6. The molecule has 1 saturated heterocycles. The number of sulfonamides is 1. The highest BCUT2D eigenvalue weighted by molar-refractivity contribution is 7.99. The number of carbonyl (C=O) groups excluding carboxylic acids is 1.